The maximum Gasteiger partial charge on any atom is 0.416 e. The minimum atomic E-state index is -4.53. The molecule has 1 aromatic carbocycles. The van der Waals surface area contributed by atoms with E-state index in [0.29, 0.717) is 24.6 Å². The lowest BCUT2D eigenvalue weighted by atomic mass is 9.81. The number of nitrogens with zero attached hydrogens (tertiary/aromatic N) is 4. The van der Waals surface area contributed by atoms with E-state index in [2.05, 4.69) is 14.9 Å². The molecule has 3 aromatic rings. The van der Waals surface area contributed by atoms with Crippen LogP contribution in [0.2, 0.25) is 0 Å². The van der Waals surface area contributed by atoms with E-state index in [1.807, 2.05) is 24.6 Å². The standard InChI is InChI=1S/C21H22F4N4/c1-13-11-29(12-20-27-18-10-26-7-5-19(18)28(20)2)8-6-15(13)16-4-3-14(9-17(16)22)21(23,24)25/h3-5,7,9-10,13,15H,6,8,11-12H2,1-2H3/t13-,15+/m0/s1. The molecule has 4 nitrogen and oxygen atoms in total. The highest BCUT2D eigenvalue weighted by Gasteiger charge is 2.34. The Balaban J connectivity index is 1.48. The molecule has 2 aromatic heterocycles. The van der Waals surface area contributed by atoms with Crippen molar-refractivity contribution in [1.82, 2.24) is 19.4 Å². The van der Waals surface area contributed by atoms with E-state index in [9.17, 15) is 17.6 Å². The van der Waals surface area contributed by atoms with Gasteiger partial charge in [-0.25, -0.2) is 9.37 Å². The van der Waals surface area contributed by atoms with Crippen LogP contribution in [0.3, 0.4) is 0 Å². The number of alkyl halides is 3. The Hall–Kier alpha value is -2.48. The summed E-state index contributed by atoms with van der Waals surface area (Å²) < 4.78 is 54.9. The lowest BCUT2D eigenvalue weighted by molar-refractivity contribution is -0.137. The normalized spacial score (nSPS) is 21.0. The van der Waals surface area contributed by atoms with Crippen molar-refractivity contribution in [3.8, 4) is 0 Å². The van der Waals surface area contributed by atoms with E-state index >= 15 is 0 Å². The van der Waals surface area contributed by atoms with Crippen molar-refractivity contribution in [3.05, 3.63) is 59.4 Å². The van der Waals surface area contributed by atoms with Crippen LogP contribution in [0.15, 0.2) is 36.7 Å². The Morgan fingerprint density at radius 3 is 2.66 bits per heavy atom. The average Bonchev–Trinajstić information content (AvgIpc) is 2.97. The van der Waals surface area contributed by atoms with Gasteiger partial charge in [-0.3, -0.25) is 9.88 Å². The predicted octanol–water partition coefficient (Wildman–Crippen LogP) is 4.75. The van der Waals surface area contributed by atoms with Gasteiger partial charge in [0.2, 0.25) is 0 Å². The summed E-state index contributed by atoms with van der Waals surface area (Å²) in [4.78, 5) is 11.0. The molecule has 4 rings (SSSR count). The Labute approximate surface area is 166 Å². The van der Waals surface area contributed by atoms with Gasteiger partial charge in [0, 0.05) is 19.8 Å². The van der Waals surface area contributed by atoms with Gasteiger partial charge in [-0.1, -0.05) is 13.0 Å². The maximum atomic E-state index is 14.4. The molecule has 0 radical (unpaired) electrons. The van der Waals surface area contributed by atoms with Crippen LogP contribution in [-0.2, 0) is 19.8 Å². The largest absolute Gasteiger partial charge is 0.416 e. The van der Waals surface area contributed by atoms with E-state index in [1.165, 1.54) is 6.07 Å². The fourth-order valence-electron chi connectivity index (χ4n) is 4.28. The number of imidazole rings is 1. The molecular weight excluding hydrogens is 384 g/mol. The van der Waals surface area contributed by atoms with Gasteiger partial charge in [0.25, 0.3) is 0 Å². The second-order valence-corrected chi connectivity index (χ2v) is 7.79. The van der Waals surface area contributed by atoms with Crippen molar-refractivity contribution < 1.29 is 17.6 Å². The van der Waals surface area contributed by atoms with Crippen LogP contribution in [0.4, 0.5) is 17.6 Å². The molecule has 0 aliphatic carbocycles. The van der Waals surface area contributed by atoms with E-state index in [-0.39, 0.29) is 11.8 Å². The highest BCUT2D eigenvalue weighted by Crippen LogP contribution is 2.37. The molecule has 0 N–H and O–H groups in total. The predicted molar refractivity (Wildman–Crippen MR) is 102 cm³/mol. The summed E-state index contributed by atoms with van der Waals surface area (Å²) in [6.07, 6.45) is -0.370. The first-order chi connectivity index (χ1) is 13.7. The number of benzene rings is 1. The smallest absolute Gasteiger partial charge is 0.330 e. The summed E-state index contributed by atoms with van der Waals surface area (Å²) in [6.45, 7) is 4.15. The first kappa shape index (κ1) is 19.8. The van der Waals surface area contributed by atoms with Crippen molar-refractivity contribution in [2.24, 2.45) is 13.0 Å². The zero-order valence-corrected chi connectivity index (χ0v) is 16.2. The number of likely N-dealkylation sites (tertiary alicyclic amines) is 1. The summed E-state index contributed by atoms with van der Waals surface area (Å²) in [5.41, 5.74) is 1.30. The number of pyridine rings is 1. The van der Waals surface area contributed by atoms with Gasteiger partial charge in [-0.15, -0.1) is 0 Å². The summed E-state index contributed by atoms with van der Waals surface area (Å²) in [5.74, 6) is 0.178. The molecule has 154 valence electrons. The molecule has 2 atom stereocenters. The number of hydrogen-bond donors (Lipinski definition) is 0. The second kappa shape index (κ2) is 7.40. The summed E-state index contributed by atoms with van der Waals surface area (Å²) in [6, 6.07) is 4.81. The summed E-state index contributed by atoms with van der Waals surface area (Å²) in [5, 5.41) is 0. The molecule has 0 spiro atoms. The SMILES string of the molecule is C[C@H]1CN(Cc2nc3cnccc3n2C)CC[C@H]1c1ccc(C(F)(F)F)cc1F. The molecule has 0 saturated carbocycles. The van der Waals surface area contributed by atoms with Crippen molar-refractivity contribution in [2.75, 3.05) is 13.1 Å². The maximum absolute atomic E-state index is 14.4. The van der Waals surface area contributed by atoms with Gasteiger partial charge in [0.15, 0.2) is 0 Å². The number of rotatable bonds is 3. The van der Waals surface area contributed by atoms with Crippen LogP contribution < -0.4 is 0 Å². The molecular formula is C21H22F4N4. The van der Waals surface area contributed by atoms with E-state index < -0.39 is 17.6 Å². The van der Waals surface area contributed by atoms with Crippen molar-refractivity contribution >= 4 is 11.0 Å². The minimum Gasteiger partial charge on any atom is -0.330 e. The van der Waals surface area contributed by atoms with E-state index in [4.69, 9.17) is 0 Å². The zero-order valence-electron chi connectivity index (χ0n) is 16.2. The highest BCUT2D eigenvalue weighted by molar-refractivity contribution is 5.74. The van der Waals surface area contributed by atoms with Crippen LogP contribution in [-0.4, -0.2) is 32.5 Å². The number of hydrogen-bond acceptors (Lipinski definition) is 3. The average molecular weight is 406 g/mol. The lowest BCUT2D eigenvalue weighted by Gasteiger charge is -2.37. The molecule has 3 heterocycles. The van der Waals surface area contributed by atoms with Crippen molar-refractivity contribution in [3.63, 3.8) is 0 Å². The molecule has 1 aliphatic rings. The highest BCUT2D eigenvalue weighted by atomic mass is 19.4. The Bertz CT molecular complexity index is 1030. The van der Waals surface area contributed by atoms with Crippen LogP contribution in [0.1, 0.15) is 36.2 Å². The van der Waals surface area contributed by atoms with Crippen molar-refractivity contribution in [1.29, 1.82) is 0 Å². The number of piperidine rings is 1. The van der Waals surface area contributed by atoms with Crippen LogP contribution in [0.25, 0.3) is 11.0 Å². The van der Waals surface area contributed by atoms with Gasteiger partial charge < -0.3 is 4.57 Å². The van der Waals surface area contributed by atoms with Crippen LogP contribution in [0, 0.1) is 11.7 Å². The molecule has 1 aliphatic heterocycles. The first-order valence-electron chi connectivity index (χ1n) is 9.58. The molecule has 0 bridgehead atoms. The van der Waals surface area contributed by atoms with Crippen LogP contribution in [0.5, 0.6) is 0 Å². The monoisotopic (exact) mass is 406 g/mol. The third kappa shape index (κ3) is 3.85. The Kier molecular flexibility index (Phi) is 5.06. The number of halogens is 4. The van der Waals surface area contributed by atoms with Gasteiger partial charge in [0.1, 0.15) is 17.2 Å². The third-order valence-corrected chi connectivity index (χ3v) is 5.86. The summed E-state index contributed by atoms with van der Waals surface area (Å²) in [7, 11) is 1.97. The van der Waals surface area contributed by atoms with Gasteiger partial charge in [-0.2, -0.15) is 13.2 Å². The number of aromatic nitrogens is 3. The topological polar surface area (TPSA) is 34.0 Å². The lowest BCUT2D eigenvalue weighted by Crippen LogP contribution is -2.38. The van der Waals surface area contributed by atoms with Crippen molar-refractivity contribution in [2.45, 2.75) is 32.0 Å². The van der Waals surface area contributed by atoms with E-state index in [0.717, 1.165) is 36.0 Å². The van der Waals surface area contributed by atoms with E-state index in [1.54, 1.807) is 12.4 Å². The fraction of sp³-hybridized carbons (Fsp3) is 0.429. The Morgan fingerprint density at radius 1 is 1.21 bits per heavy atom. The minimum absolute atomic E-state index is 0.0989. The van der Waals surface area contributed by atoms with Gasteiger partial charge >= 0.3 is 6.18 Å². The quantitative estimate of drug-likeness (QED) is 0.589. The molecule has 29 heavy (non-hydrogen) atoms. The molecule has 8 heteroatoms. The number of aryl methyl sites for hydroxylation is 1. The molecule has 1 saturated heterocycles. The van der Waals surface area contributed by atoms with Gasteiger partial charge in [-0.05, 0) is 48.6 Å². The van der Waals surface area contributed by atoms with Gasteiger partial charge in [0.05, 0.1) is 23.8 Å². The Morgan fingerprint density at radius 2 is 2.00 bits per heavy atom. The second-order valence-electron chi connectivity index (χ2n) is 7.79. The zero-order chi connectivity index (χ0) is 20.8. The molecule has 1 fully saturated rings. The molecule has 0 amide bonds. The van der Waals surface area contributed by atoms with Crippen LogP contribution >= 0.6 is 0 Å². The fourth-order valence-corrected chi connectivity index (χ4v) is 4.28. The summed E-state index contributed by atoms with van der Waals surface area (Å²) >= 11 is 0. The number of fused-ring (bicyclic) bond motifs is 1. The third-order valence-electron chi connectivity index (χ3n) is 5.86. The first-order valence-corrected chi connectivity index (χ1v) is 9.58. The molecule has 0 unspecified atom stereocenters.